The van der Waals surface area contributed by atoms with Crippen molar-refractivity contribution in [2.75, 3.05) is 24.7 Å². The molecule has 0 unspecified atom stereocenters. The standard InChI is InChI=1S/C23H25ClN4O3.ClH/c1-28(2)16-10-7-14(8-11-16)22(29)27-20-17-5-3-4-6-18(17)31-21(20)23(30)26-19-12-9-15(24)13-25-19;/h3-6,9,12-14,16H,7-8,10-11H2,1-2H3,(H,27,29)(H,25,26,30);1H. The van der Waals surface area contributed by atoms with Crippen molar-refractivity contribution in [3.8, 4) is 0 Å². The van der Waals surface area contributed by atoms with Crippen LogP contribution in [0.2, 0.25) is 5.02 Å². The summed E-state index contributed by atoms with van der Waals surface area (Å²) in [7, 11) is 4.15. The normalized spacial score (nSPS) is 18.2. The van der Waals surface area contributed by atoms with Crippen LogP contribution in [0.25, 0.3) is 11.0 Å². The number of rotatable bonds is 5. The molecular formula is C23H26Cl2N4O3. The highest BCUT2D eigenvalue weighted by atomic mass is 35.5. The molecule has 2 aromatic heterocycles. The summed E-state index contributed by atoms with van der Waals surface area (Å²) in [5.74, 6) is -0.263. The number of benzene rings is 1. The van der Waals surface area contributed by atoms with Crippen LogP contribution in [-0.4, -0.2) is 41.8 Å². The molecule has 1 aliphatic rings. The van der Waals surface area contributed by atoms with Crippen LogP contribution in [0.4, 0.5) is 11.5 Å². The number of nitrogens with zero attached hydrogens (tertiary/aromatic N) is 2. The van der Waals surface area contributed by atoms with E-state index >= 15 is 0 Å². The van der Waals surface area contributed by atoms with Gasteiger partial charge in [-0.05, 0) is 64.0 Å². The molecule has 0 atom stereocenters. The fraction of sp³-hybridized carbons (Fsp3) is 0.348. The minimum Gasteiger partial charge on any atom is -0.449 e. The fourth-order valence-electron chi connectivity index (χ4n) is 4.03. The van der Waals surface area contributed by atoms with Crippen LogP contribution in [0.1, 0.15) is 36.2 Å². The smallest absolute Gasteiger partial charge is 0.294 e. The highest BCUT2D eigenvalue weighted by molar-refractivity contribution is 6.30. The molecular weight excluding hydrogens is 451 g/mol. The molecule has 0 saturated heterocycles. The van der Waals surface area contributed by atoms with Gasteiger partial charge in [-0.25, -0.2) is 4.98 Å². The Bertz CT molecular complexity index is 1090. The monoisotopic (exact) mass is 476 g/mol. The first-order valence-electron chi connectivity index (χ1n) is 10.3. The number of pyridine rings is 1. The number of anilines is 2. The van der Waals surface area contributed by atoms with Crippen LogP contribution < -0.4 is 10.6 Å². The summed E-state index contributed by atoms with van der Waals surface area (Å²) < 4.78 is 5.81. The molecule has 7 nitrogen and oxygen atoms in total. The lowest BCUT2D eigenvalue weighted by molar-refractivity contribution is -0.121. The minimum absolute atomic E-state index is 0. The molecule has 2 amide bonds. The lowest BCUT2D eigenvalue weighted by atomic mass is 9.85. The second-order valence-electron chi connectivity index (χ2n) is 8.08. The summed E-state index contributed by atoms with van der Waals surface area (Å²) in [6.07, 6.45) is 5.05. The number of aromatic nitrogens is 1. The summed E-state index contributed by atoms with van der Waals surface area (Å²) in [6.45, 7) is 0. The van der Waals surface area contributed by atoms with Gasteiger partial charge in [0.05, 0.1) is 5.02 Å². The van der Waals surface area contributed by atoms with Gasteiger partial charge in [-0.2, -0.15) is 0 Å². The molecule has 0 spiro atoms. The molecule has 32 heavy (non-hydrogen) atoms. The topological polar surface area (TPSA) is 87.5 Å². The number of nitrogens with one attached hydrogen (secondary N) is 2. The molecule has 3 aromatic rings. The van der Waals surface area contributed by atoms with Crippen molar-refractivity contribution in [3.63, 3.8) is 0 Å². The maximum atomic E-state index is 13.0. The molecule has 1 fully saturated rings. The van der Waals surface area contributed by atoms with Crippen molar-refractivity contribution >= 4 is 58.3 Å². The third-order valence-corrected chi connectivity index (χ3v) is 6.04. The maximum Gasteiger partial charge on any atom is 0.294 e. The average Bonchev–Trinajstić information content (AvgIpc) is 3.14. The Morgan fingerprint density at radius 3 is 2.44 bits per heavy atom. The Balaban J connectivity index is 0.00000289. The SMILES string of the molecule is CN(C)C1CCC(C(=O)Nc2c(C(=O)Nc3ccc(Cl)cn3)oc3ccccc23)CC1.Cl. The summed E-state index contributed by atoms with van der Waals surface area (Å²) in [4.78, 5) is 32.3. The molecule has 1 aromatic carbocycles. The summed E-state index contributed by atoms with van der Waals surface area (Å²) >= 11 is 5.86. The predicted molar refractivity (Wildman–Crippen MR) is 129 cm³/mol. The molecule has 0 bridgehead atoms. The van der Waals surface area contributed by atoms with Gasteiger partial charge < -0.3 is 20.0 Å². The summed E-state index contributed by atoms with van der Waals surface area (Å²) in [5, 5.41) is 6.83. The number of halogens is 2. The third-order valence-electron chi connectivity index (χ3n) is 5.82. The Morgan fingerprint density at radius 2 is 1.78 bits per heavy atom. The van der Waals surface area contributed by atoms with Gasteiger partial charge in [0.1, 0.15) is 17.1 Å². The zero-order valence-corrected chi connectivity index (χ0v) is 19.5. The van der Waals surface area contributed by atoms with Gasteiger partial charge in [-0.1, -0.05) is 23.7 Å². The first kappa shape index (κ1) is 24.0. The van der Waals surface area contributed by atoms with Crippen molar-refractivity contribution in [1.29, 1.82) is 0 Å². The first-order chi connectivity index (χ1) is 14.9. The molecule has 170 valence electrons. The van der Waals surface area contributed by atoms with E-state index in [0.29, 0.717) is 33.5 Å². The van der Waals surface area contributed by atoms with E-state index in [9.17, 15) is 9.59 Å². The Kier molecular flexibility index (Phi) is 7.77. The van der Waals surface area contributed by atoms with E-state index in [0.717, 1.165) is 25.7 Å². The van der Waals surface area contributed by atoms with Crippen LogP contribution >= 0.6 is 24.0 Å². The third kappa shape index (κ3) is 5.23. The van der Waals surface area contributed by atoms with Crippen LogP contribution in [0.15, 0.2) is 47.0 Å². The number of hydrogen-bond acceptors (Lipinski definition) is 5. The van der Waals surface area contributed by atoms with E-state index in [2.05, 4.69) is 34.6 Å². The van der Waals surface area contributed by atoms with Crippen molar-refractivity contribution < 1.29 is 14.0 Å². The lowest BCUT2D eigenvalue weighted by Gasteiger charge is -2.31. The van der Waals surface area contributed by atoms with Crippen LogP contribution in [0.3, 0.4) is 0 Å². The number of hydrogen-bond donors (Lipinski definition) is 2. The molecule has 1 saturated carbocycles. The van der Waals surface area contributed by atoms with Crippen LogP contribution in [0, 0.1) is 5.92 Å². The number of furan rings is 1. The Labute approximate surface area is 197 Å². The number of carbonyl (C=O) groups is 2. The highest BCUT2D eigenvalue weighted by Crippen LogP contribution is 2.33. The van der Waals surface area contributed by atoms with Crippen LogP contribution in [0.5, 0.6) is 0 Å². The van der Waals surface area contributed by atoms with Gasteiger partial charge in [0.15, 0.2) is 0 Å². The second-order valence-corrected chi connectivity index (χ2v) is 8.51. The summed E-state index contributed by atoms with van der Waals surface area (Å²) in [6, 6.07) is 11.0. The van der Waals surface area contributed by atoms with E-state index in [1.165, 1.54) is 6.20 Å². The van der Waals surface area contributed by atoms with E-state index in [1.54, 1.807) is 18.2 Å². The quantitative estimate of drug-likeness (QED) is 0.527. The second kappa shape index (κ2) is 10.3. The molecule has 0 aliphatic heterocycles. The molecule has 4 rings (SSSR count). The van der Waals surface area contributed by atoms with Crippen molar-refractivity contribution in [1.82, 2.24) is 9.88 Å². The Hall–Kier alpha value is -2.61. The van der Waals surface area contributed by atoms with Crippen molar-refractivity contribution in [2.24, 2.45) is 5.92 Å². The van der Waals surface area contributed by atoms with Gasteiger partial charge in [-0.15, -0.1) is 12.4 Å². The van der Waals surface area contributed by atoms with Crippen LogP contribution in [-0.2, 0) is 4.79 Å². The van der Waals surface area contributed by atoms with Gasteiger partial charge in [0.25, 0.3) is 5.91 Å². The largest absolute Gasteiger partial charge is 0.449 e. The maximum absolute atomic E-state index is 13.0. The zero-order valence-electron chi connectivity index (χ0n) is 17.9. The van der Waals surface area contributed by atoms with Gasteiger partial charge in [0.2, 0.25) is 11.7 Å². The molecule has 1 aliphatic carbocycles. The molecule has 0 radical (unpaired) electrons. The first-order valence-corrected chi connectivity index (χ1v) is 10.7. The molecule has 2 N–H and O–H groups in total. The van der Waals surface area contributed by atoms with E-state index < -0.39 is 5.91 Å². The average molecular weight is 477 g/mol. The van der Waals surface area contributed by atoms with E-state index in [4.69, 9.17) is 16.0 Å². The lowest BCUT2D eigenvalue weighted by Crippen LogP contribution is -2.35. The fourth-order valence-corrected chi connectivity index (χ4v) is 4.14. The zero-order chi connectivity index (χ0) is 22.0. The predicted octanol–water partition coefficient (Wildman–Crippen LogP) is 5.21. The number of carbonyl (C=O) groups excluding carboxylic acids is 2. The van der Waals surface area contributed by atoms with E-state index in [1.807, 2.05) is 18.2 Å². The summed E-state index contributed by atoms with van der Waals surface area (Å²) in [5.41, 5.74) is 0.921. The van der Waals surface area contributed by atoms with E-state index in [-0.39, 0.29) is 30.0 Å². The molecule has 2 heterocycles. The van der Waals surface area contributed by atoms with Crippen molar-refractivity contribution in [2.45, 2.75) is 31.7 Å². The highest BCUT2D eigenvalue weighted by Gasteiger charge is 2.29. The van der Waals surface area contributed by atoms with Crippen molar-refractivity contribution in [3.05, 3.63) is 53.4 Å². The van der Waals surface area contributed by atoms with Gasteiger partial charge in [-0.3, -0.25) is 9.59 Å². The van der Waals surface area contributed by atoms with Gasteiger partial charge >= 0.3 is 0 Å². The number of fused-ring (bicyclic) bond motifs is 1. The number of amides is 2. The minimum atomic E-state index is -0.488. The Morgan fingerprint density at radius 1 is 1.06 bits per heavy atom. The molecule has 9 heteroatoms. The number of para-hydroxylation sites is 1. The van der Waals surface area contributed by atoms with Gasteiger partial charge in [0, 0.05) is 23.5 Å².